The quantitative estimate of drug-likeness (QED) is 0.785. The first-order valence-corrected chi connectivity index (χ1v) is 8.56. The SMILES string of the molecule is CCN(CC)C(=O)C1CC(=O)N(c2ccc(SC)cc2)C1. The lowest BCUT2D eigenvalue weighted by Crippen LogP contribution is -2.37. The van der Waals surface area contributed by atoms with Gasteiger partial charge in [-0.05, 0) is 44.4 Å². The topological polar surface area (TPSA) is 40.6 Å². The summed E-state index contributed by atoms with van der Waals surface area (Å²) in [6.07, 6.45) is 2.34. The Morgan fingerprint density at radius 2 is 1.90 bits per heavy atom. The fraction of sp³-hybridized carbons (Fsp3) is 0.500. The lowest BCUT2D eigenvalue weighted by atomic mass is 10.1. The minimum Gasteiger partial charge on any atom is -0.343 e. The third-order valence-electron chi connectivity index (χ3n) is 3.93. The van der Waals surface area contributed by atoms with Crippen LogP contribution in [0, 0.1) is 5.92 Å². The number of carbonyl (C=O) groups is 2. The number of nitrogens with zero attached hydrogens (tertiary/aromatic N) is 2. The van der Waals surface area contributed by atoms with Gasteiger partial charge in [0.05, 0.1) is 5.92 Å². The van der Waals surface area contributed by atoms with Crippen LogP contribution in [0.4, 0.5) is 5.69 Å². The Kier molecular flexibility index (Phi) is 5.28. The molecule has 1 aromatic carbocycles. The van der Waals surface area contributed by atoms with Crippen molar-refractivity contribution in [1.82, 2.24) is 4.90 Å². The Balaban J connectivity index is 2.10. The van der Waals surface area contributed by atoms with Crippen molar-refractivity contribution in [2.75, 3.05) is 30.8 Å². The Bertz CT molecular complexity index is 512. The monoisotopic (exact) mass is 306 g/mol. The molecule has 0 aliphatic carbocycles. The van der Waals surface area contributed by atoms with Gasteiger partial charge in [-0.1, -0.05) is 0 Å². The molecular weight excluding hydrogens is 284 g/mol. The Morgan fingerprint density at radius 1 is 1.29 bits per heavy atom. The summed E-state index contributed by atoms with van der Waals surface area (Å²) in [5.74, 6) is -0.0772. The van der Waals surface area contributed by atoms with Gasteiger partial charge in [-0.2, -0.15) is 0 Å². The van der Waals surface area contributed by atoms with Gasteiger partial charge in [0, 0.05) is 36.6 Å². The molecule has 21 heavy (non-hydrogen) atoms. The Labute approximate surface area is 130 Å². The lowest BCUT2D eigenvalue weighted by Gasteiger charge is -2.22. The van der Waals surface area contributed by atoms with Gasteiger partial charge in [-0.15, -0.1) is 11.8 Å². The van der Waals surface area contributed by atoms with E-state index in [9.17, 15) is 9.59 Å². The normalized spacial score (nSPS) is 18.1. The number of hydrogen-bond donors (Lipinski definition) is 0. The van der Waals surface area contributed by atoms with E-state index in [4.69, 9.17) is 0 Å². The standard InChI is InChI=1S/C16H22N2O2S/c1-4-17(5-2)16(20)12-10-15(19)18(11-12)13-6-8-14(21-3)9-7-13/h6-9,12H,4-5,10-11H2,1-3H3. The second-order valence-electron chi connectivity index (χ2n) is 5.11. The maximum atomic E-state index is 12.4. The van der Waals surface area contributed by atoms with E-state index in [2.05, 4.69) is 0 Å². The van der Waals surface area contributed by atoms with Crippen molar-refractivity contribution >= 4 is 29.3 Å². The summed E-state index contributed by atoms with van der Waals surface area (Å²) in [4.78, 5) is 29.3. The molecule has 2 rings (SSSR count). The molecule has 1 saturated heterocycles. The summed E-state index contributed by atoms with van der Waals surface area (Å²) < 4.78 is 0. The summed E-state index contributed by atoms with van der Waals surface area (Å²) in [6, 6.07) is 7.92. The highest BCUT2D eigenvalue weighted by atomic mass is 32.2. The molecule has 1 aromatic rings. The van der Waals surface area contributed by atoms with E-state index in [0.29, 0.717) is 26.1 Å². The number of hydrogen-bond acceptors (Lipinski definition) is 3. The average molecular weight is 306 g/mol. The maximum absolute atomic E-state index is 12.4. The number of rotatable bonds is 5. The molecule has 1 unspecified atom stereocenters. The molecule has 2 amide bonds. The van der Waals surface area contributed by atoms with Crippen LogP contribution >= 0.6 is 11.8 Å². The predicted octanol–water partition coefficient (Wildman–Crippen LogP) is 2.63. The predicted molar refractivity (Wildman–Crippen MR) is 86.6 cm³/mol. The van der Waals surface area contributed by atoms with Crippen molar-refractivity contribution < 1.29 is 9.59 Å². The minimum atomic E-state index is -0.211. The number of amides is 2. The molecule has 1 aliphatic heterocycles. The van der Waals surface area contributed by atoms with Crippen LogP contribution in [0.3, 0.4) is 0 Å². The zero-order valence-corrected chi connectivity index (χ0v) is 13.7. The van der Waals surface area contributed by atoms with Gasteiger partial charge >= 0.3 is 0 Å². The molecule has 0 N–H and O–H groups in total. The Morgan fingerprint density at radius 3 is 2.43 bits per heavy atom. The molecule has 0 radical (unpaired) electrons. The fourth-order valence-corrected chi connectivity index (χ4v) is 3.09. The van der Waals surface area contributed by atoms with E-state index in [1.54, 1.807) is 21.6 Å². The molecule has 1 heterocycles. The van der Waals surface area contributed by atoms with Gasteiger partial charge in [-0.25, -0.2) is 0 Å². The zero-order valence-electron chi connectivity index (χ0n) is 12.8. The molecule has 0 spiro atoms. The van der Waals surface area contributed by atoms with Crippen molar-refractivity contribution in [3.63, 3.8) is 0 Å². The summed E-state index contributed by atoms with van der Waals surface area (Å²) in [5.41, 5.74) is 0.882. The third-order valence-corrected chi connectivity index (χ3v) is 4.68. The average Bonchev–Trinajstić information content (AvgIpc) is 2.90. The molecule has 5 heteroatoms. The molecule has 0 saturated carbocycles. The van der Waals surface area contributed by atoms with Crippen molar-refractivity contribution in [3.8, 4) is 0 Å². The third kappa shape index (κ3) is 3.40. The smallest absolute Gasteiger partial charge is 0.227 e. The highest BCUT2D eigenvalue weighted by Gasteiger charge is 2.36. The van der Waals surface area contributed by atoms with Crippen LogP contribution in [0.5, 0.6) is 0 Å². The fourth-order valence-electron chi connectivity index (χ4n) is 2.68. The van der Waals surface area contributed by atoms with E-state index in [1.165, 1.54) is 4.90 Å². The Hall–Kier alpha value is -1.49. The number of thioether (sulfide) groups is 1. The van der Waals surface area contributed by atoms with Gasteiger partial charge in [0.2, 0.25) is 11.8 Å². The number of anilines is 1. The molecule has 1 aliphatic rings. The van der Waals surface area contributed by atoms with Gasteiger partial charge in [0.1, 0.15) is 0 Å². The molecule has 0 aromatic heterocycles. The van der Waals surface area contributed by atoms with Crippen LogP contribution in [0.15, 0.2) is 29.2 Å². The van der Waals surface area contributed by atoms with Crippen LogP contribution in [-0.2, 0) is 9.59 Å². The summed E-state index contributed by atoms with van der Waals surface area (Å²) in [6.45, 7) is 5.83. The number of carbonyl (C=O) groups excluding carboxylic acids is 2. The molecule has 1 atom stereocenters. The summed E-state index contributed by atoms with van der Waals surface area (Å²) in [5, 5.41) is 0. The first-order chi connectivity index (χ1) is 10.1. The van der Waals surface area contributed by atoms with Crippen LogP contribution in [0.1, 0.15) is 20.3 Å². The second-order valence-corrected chi connectivity index (χ2v) is 5.99. The van der Waals surface area contributed by atoms with Gasteiger partial charge in [0.25, 0.3) is 0 Å². The molecule has 114 valence electrons. The minimum absolute atomic E-state index is 0.0393. The van der Waals surface area contributed by atoms with Crippen molar-refractivity contribution in [3.05, 3.63) is 24.3 Å². The van der Waals surface area contributed by atoms with Gasteiger partial charge < -0.3 is 9.80 Å². The van der Waals surface area contributed by atoms with Crippen molar-refractivity contribution in [2.24, 2.45) is 5.92 Å². The molecule has 0 bridgehead atoms. The zero-order chi connectivity index (χ0) is 15.4. The first kappa shape index (κ1) is 15.9. The highest BCUT2D eigenvalue weighted by Crippen LogP contribution is 2.28. The summed E-state index contributed by atoms with van der Waals surface area (Å²) in [7, 11) is 0. The van der Waals surface area contributed by atoms with Crippen molar-refractivity contribution in [2.45, 2.75) is 25.2 Å². The van der Waals surface area contributed by atoms with E-state index >= 15 is 0 Å². The van der Waals surface area contributed by atoms with E-state index in [-0.39, 0.29) is 17.7 Å². The molecule has 4 nitrogen and oxygen atoms in total. The van der Waals surface area contributed by atoms with Crippen LogP contribution < -0.4 is 4.90 Å². The lowest BCUT2D eigenvalue weighted by molar-refractivity contribution is -0.135. The van der Waals surface area contributed by atoms with E-state index < -0.39 is 0 Å². The number of benzene rings is 1. The van der Waals surface area contributed by atoms with Crippen LogP contribution in [0.25, 0.3) is 0 Å². The van der Waals surface area contributed by atoms with Gasteiger partial charge in [-0.3, -0.25) is 9.59 Å². The van der Waals surface area contributed by atoms with Crippen molar-refractivity contribution in [1.29, 1.82) is 0 Å². The molecular formula is C16H22N2O2S. The summed E-state index contributed by atoms with van der Waals surface area (Å²) >= 11 is 1.67. The molecule has 1 fully saturated rings. The largest absolute Gasteiger partial charge is 0.343 e. The maximum Gasteiger partial charge on any atom is 0.227 e. The van der Waals surface area contributed by atoms with E-state index in [0.717, 1.165) is 5.69 Å². The van der Waals surface area contributed by atoms with Crippen LogP contribution in [0.2, 0.25) is 0 Å². The van der Waals surface area contributed by atoms with E-state index in [1.807, 2.05) is 44.4 Å². The van der Waals surface area contributed by atoms with Crippen LogP contribution in [-0.4, -0.2) is 42.6 Å². The highest BCUT2D eigenvalue weighted by molar-refractivity contribution is 7.98. The second kappa shape index (κ2) is 6.98. The van der Waals surface area contributed by atoms with Gasteiger partial charge in [0.15, 0.2) is 0 Å². The first-order valence-electron chi connectivity index (χ1n) is 7.33.